The monoisotopic (exact) mass is 293 g/mol. The number of carbonyl (C=O) groups excluding carboxylic acids is 1. The first-order chi connectivity index (χ1) is 9.88. The number of amides is 1. The van der Waals surface area contributed by atoms with Crippen LogP contribution in [0.15, 0.2) is 0 Å². The number of aryl methyl sites for hydroxylation is 1. The molecule has 1 amide bonds. The van der Waals surface area contributed by atoms with Crippen LogP contribution in [-0.2, 0) is 11.3 Å². The Morgan fingerprint density at radius 1 is 1.33 bits per heavy atom. The molecular weight excluding hydrogens is 266 g/mol. The van der Waals surface area contributed by atoms with Crippen LogP contribution in [0.25, 0.3) is 0 Å². The molecule has 6 nitrogen and oxygen atoms in total. The van der Waals surface area contributed by atoms with Gasteiger partial charge in [-0.2, -0.15) is 5.10 Å². The van der Waals surface area contributed by atoms with E-state index in [9.17, 15) is 4.79 Å². The number of piperidine rings is 1. The van der Waals surface area contributed by atoms with Crippen LogP contribution >= 0.6 is 0 Å². The fraction of sp³-hybridized carbons (Fsp3) is 0.733. The zero-order valence-corrected chi connectivity index (χ0v) is 13.6. The highest BCUT2D eigenvalue weighted by Gasteiger charge is 2.24. The quantitative estimate of drug-likeness (QED) is 0.895. The Hall–Kier alpha value is -1.56. The molecule has 2 heterocycles. The molecule has 2 rings (SSSR count). The third-order valence-electron chi connectivity index (χ3n) is 4.31. The zero-order valence-electron chi connectivity index (χ0n) is 13.6. The minimum absolute atomic E-state index is 0.143. The van der Waals surface area contributed by atoms with Crippen molar-refractivity contribution in [1.82, 2.24) is 19.6 Å². The fourth-order valence-corrected chi connectivity index (χ4v) is 2.97. The third kappa shape index (κ3) is 3.75. The minimum Gasteiger partial charge on any atom is -0.396 e. The second-order valence-corrected chi connectivity index (χ2v) is 6.33. The molecule has 0 unspecified atom stereocenters. The van der Waals surface area contributed by atoms with E-state index >= 15 is 0 Å². The lowest BCUT2D eigenvalue weighted by atomic mass is 9.96. The van der Waals surface area contributed by atoms with Crippen molar-refractivity contribution in [1.29, 1.82) is 0 Å². The summed E-state index contributed by atoms with van der Waals surface area (Å²) in [5, 5.41) is 4.34. The Morgan fingerprint density at radius 2 is 1.95 bits per heavy atom. The van der Waals surface area contributed by atoms with Crippen LogP contribution in [0.5, 0.6) is 0 Å². The number of nitrogens with zero attached hydrogens (tertiary/aromatic N) is 4. The first-order valence-electron chi connectivity index (χ1n) is 7.60. The second kappa shape index (κ2) is 6.47. The predicted octanol–water partition coefficient (Wildman–Crippen LogP) is 0.882. The summed E-state index contributed by atoms with van der Waals surface area (Å²) in [4.78, 5) is 16.6. The smallest absolute Gasteiger partial charge is 0.244 e. The second-order valence-electron chi connectivity index (χ2n) is 6.33. The summed E-state index contributed by atoms with van der Waals surface area (Å²) in [7, 11) is 4.20. The van der Waals surface area contributed by atoms with E-state index in [0.717, 1.165) is 43.9 Å². The van der Waals surface area contributed by atoms with E-state index in [-0.39, 0.29) is 5.91 Å². The van der Waals surface area contributed by atoms with Gasteiger partial charge in [-0.3, -0.25) is 9.48 Å². The van der Waals surface area contributed by atoms with Crippen LogP contribution in [0.4, 0.5) is 5.69 Å². The number of hydrogen-bond donors (Lipinski definition) is 1. The maximum Gasteiger partial charge on any atom is 0.244 e. The number of aromatic nitrogens is 2. The first-order valence-corrected chi connectivity index (χ1v) is 7.60. The molecule has 0 aliphatic carbocycles. The van der Waals surface area contributed by atoms with E-state index < -0.39 is 0 Å². The molecule has 2 N–H and O–H groups in total. The van der Waals surface area contributed by atoms with E-state index in [1.54, 1.807) is 4.68 Å². The molecule has 0 saturated carbocycles. The summed E-state index contributed by atoms with van der Waals surface area (Å²) in [6, 6.07) is 0. The van der Waals surface area contributed by atoms with Gasteiger partial charge >= 0.3 is 0 Å². The average Bonchev–Trinajstić information content (AvgIpc) is 2.66. The Morgan fingerprint density at radius 3 is 2.43 bits per heavy atom. The normalized spacial score (nSPS) is 16.7. The molecular formula is C15H27N5O. The molecule has 1 aromatic heterocycles. The Labute approximate surface area is 126 Å². The van der Waals surface area contributed by atoms with E-state index in [1.165, 1.54) is 0 Å². The molecule has 0 bridgehead atoms. The van der Waals surface area contributed by atoms with E-state index in [1.807, 2.05) is 18.7 Å². The number of rotatable bonds is 4. The zero-order chi connectivity index (χ0) is 15.6. The largest absolute Gasteiger partial charge is 0.396 e. The standard InChI is InChI=1S/C15H27N5O/c1-11-15(16)12(2)20(17-11)10-14(21)19-7-5-13(6-8-19)9-18(3)4/h13H,5-10,16H2,1-4H3. The molecule has 1 aliphatic heterocycles. The molecule has 1 fully saturated rings. The Bertz CT molecular complexity index is 500. The highest BCUT2D eigenvalue weighted by Crippen LogP contribution is 2.19. The van der Waals surface area contributed by atoms with Crippen LogP contribution in [0.1, 0.15) is 24.2 Å². The van der Waals surface area contributed by atoms with Gasteiger partial charge in [-0.25, -0.2) is 0 Å². The van der Waals surface area contributed by atoms with Crippen molar-refractivity contribution >= 4 is 11.6 Å². The lowest BCUT2D eigenvalue weighted by Gasteiger charge is -2.33. The lowest BCUT2D eigenvalue weighted by molar-refractivity contribution is -0.133. The van der Waals surface area contributed by atoms with E-state index in [4.69, 9.17) is 5.73 Å². The molecule has 0 spiro atoms. The Kier molecular flexibility index (Phi) is 4.88. The van der Waals surface area contributed by atoms with E-state index in [2.05, 4.69) is 24.1 Å². The van der Waals surface area contributed by atoms with Gasteiger partial charge in [0, 0.05) is 19.6 Å². The number of nitrogens with two attached hydrogens (primary N) is 1. The van der Waals surface area contributed by atoms with Crippen molar-refractivity contribution in [2.75, 3.05) is 39.5 Å². The maximum absolute atomic E-state index is 12.4. The van der Waals surface area contributed by atoms with Gasteiger partial charge in [0.1, 0.15) is 6.54 Å². The lowest BCUT2D eigenvalue weighted by Crippen LogP contribution is -2.42. The first kappa shape index (κ1) is 15.8. The Balaban J connectivity index is 1.89. The minimum atomic E-state index is 0.143. The highest BCUT2D eigenvalue weighted by atomic mass is 16.2. The maximum atomic E-state index is 12.4. The number of carbonyl (C=O) groups is 1. The molecule has 0 radical (unpaired) electrons. The van der Waals surface area contributed by atoms with Gasteiger partial charge in [0.25, 0.3) is 0 Å². The molecule has 0 atom stereocenters. The number of anilines is 1. The van der Waals surface area contributed by atoms with E-state index in [0.29, 0.717) is 18.2 Å². The number of likely N-dealkylation sites (tertiary alicyclic amines) is 1. The summed E-state index contributed by atoms with van der Waals surface area (Å²) in [6.07, 6.45) is 2.17. The highest BCUT2D eigenvalue weighted by molar-refractivity contribution is 5.76. The SMILES string of the molecule is Cc1nn(CC(=O)N2CCC(CN(C)C)CC2)c(C)c1N. The van der Waals surface area contributed by atoms with Gasteiger partial charge in [-0.05, 0) is 46.7 Å². The van der Waals surface area contributed by atoms with Crippen molar-refractivity contribution in [2.45, 2.75) is 33.2 Å². The van der Waals surface area contributed by atoms with Crippen molar-refractivity contribution in [2.24, 2.45) is 5.92 Å². The summed E-state index contributed by atoms with van der Waals surface area (Å²) in [5.74, 6) is 0.845. The third-order valence-corrected chi connectivity index (χ3v) is 4.31. The summed E-state index contributed by atoms with van der Waals surface area (Å²) in [5.41, 5.74) is 8.27. The van der Waals surface area contributed by atoms with Crippen molar-refractivity contribution in [3.8, 4) is 0 Å². The van der Waals surface area contributed by atoms with Crippen LogP contribution in [0, 0.1) is 19.8 Å². The molecule has 6 heteroatoms. The predicted molar refractivity (Wildman–Crippen MR) is 84.0 cm³/mol. The topological polar surface area (TPSA) is 67.4 Å². The van der Waals surface area contributed by atoms with Crippen LogP contribution < -0.4 is 5.73 Å². The van der Waals surface area contributed by atoms with Crippen LogP contribution in [0.2, 0.25) is 0 Å². The van der Waals surface area contributed by atoms with Crippen LogP contribution in [0.3, 0.4) is 0 Å². The van der Waals surface area contributed by atoms with Gasteiger partial charge in [-0.15, -0.1) is 0 Å². The van der Waals surface area contributed by atoms with Gasteiger partial charge in [0.05, 0.1) is 17.1 Å². The molecule has 0 aromatic carbocycles. The molecule has 118 valence electrons. The molecule has 1 aliphatic rings. The summed E-state index contributed by atoms with van der Waals surface area (Å²) >= 11 is 0. The summed E-state index contributed by atoms with van der Waals surface area (Å²) < 4.78 is 1.72. The van der Waals surface area contributed by atoms with Crippen molar-refractivity contribution < 1.29 is 4.79 Å². The summed E-state index contributed by atoms with van der Waals surface area (Å²) in [6.45, 7) is 6.89. The van der Waals surface area contributed by atoms with Gasteiger partial charge in [-0.1, -0.05) is 0 Å². The number of hydrogen-bond acceptors (Lipinski definition) is 4. The van der Waals surface area contributed by atoms with Gasteiger partial charge < -0.3 is 15.5 Å². The number of nitrogen functional groups attached to an aromatic ring is 1. The molecule has 1 aromatic rings. The van der Waals surface area contributed by atoms with Crippen molar-refractivity contribution in [3.05, 3.63) is 11.4 Å². The average molecular weight is 293 g/mol. The molecule has 1 saturated heterocycles. The van der Waals surface area contributed by atoms with Crippen LogP contribution in [-0.4, -0.2) is 59.2 Å². The van der Waals surface area contributed by atoms with Gasteiger partial charge in [0.15, 0.2) is 0 Å². The van der Waals surface area contributed by atoms with Gasteiger partial charge in [0.2, 0.25) is 5.91 Å². The molecule has 21 heavy (non-hydrogen) atoms. The van der Waals surface area contributed by atoms with Crippen molar-refractivity contribution in [3.63, 3.8) is 0 Å². The fourth-order valence-electron chi connectivity index (χ4n) is 2.97.